The first-order valence-electron chi connectivity index (χ1n) is 11.2. The van der Waals surface area contributed by atoms with E-state index < -0.39 is 0 Å². The summed E-state index contributed by atoms with van der Waals surface area (Å²) in [7, 11) is 1.40. The van der Waals surface area contributed by atoms with E-state index in [0.29, 0.717) is 0 Å². The molecule has 2 heteroatoms. The van der Waals surface area contributed by atoms with Crippen molar-refractivity contribution in [3.8, 4) is 0 Å². The summed E-state index contributed by atoms with van der Waals surface area (Å²) < 4.78 is 0. The fourth-order valence-electron chi connectivity index (χ4n) is 3.45. The Morgan fingerprint density at radius 3 is 1.48 bits per heavy atom. The highest BCUT2D eigenvalue weighted by molar-refractivity contribution is 6.08. The molecular formula is C23H43NSi. The molecule has 0 aromatic heterocycles. The summed E-state index contributed by atoms with van der Waals surface area (Å²) in [6.07, 6.45) is 20.4. The zero-order valence-corrected chi connectivity index (χ0v) is 18.9. The second kappa shape index (κ2) is 18.2. The van der Waals surface area contributed by atoms with Gasteiger partial charge in [0.1, 0.15) is 0 Å². The highest BCUT2D eigenvalue weighted by Crippen LogP contribution is 2.13. The Kier molecular flexibility index (Phi) is 16.3. The van der Waals surface area contributed by atoms with Crippen molar-refractivity contribution >= 4 is 10.2 Å². The van der Waals surface area contributed by atoms with Crippen LogP contribution < -0.4 is 5.32 Å². The quantitative estimate of drug-likeness (QED) is 0.249. The van der Waals surface area contributed by atoms with E-state index in [4.69, 9.17) is 0 Å². The molecule has 0 unspecified atom stereocenters. The number of hydrogen-bond acceptors (Lipinski definition) is 1. The summed E-state index contributed by atoms with van der Waals surface area (Å²) in [5, 5.41) is 3.55. The second-order valence-corrected chi connectivity index (χ2v) is 8.61. The van der Waals surface area contributed by atoms with Crippen LogP contribution in [0.5, 0.6) is 0 Å². The minimum atomic E-state index is 1.01. The molecule has 0 spiro atoms. The van der Waals surface area contributed by atoms with Crippen LogP contribution in [0.1, 0.15) is 95.5 Å². The summed E-state index contributed by atoms with van der Waals surface area (Å²) in [5.41, 5.74) is 1.39. The van der Waals surface area contributed by atoms with Crippen molar-refractivity contribution in [1.29, 1.82) is 0 Å². The lowest BCUT2D eigenvalue weighted by Gasteiger charge is -2.05. The second-order valence-electron chi connectivity index (χ2n) is 7.61. The van der Waals surface area contributed by atoms with E-state index in [2.05, 4.69) is 35.6 Å². The minimum Gasteiger partial charge on any atom is -0.313 e. The van der Waals surface area contributed by atoms with E-state index in [1.54, 1.807) is 0 Å². The highest BCUT2D eigenvalue weighted by atomic mass is 28.1. The molecule has 0 radical (unpaired) electrons. The van der Waals surface area contributed by atoms with Crippen LogP contribution in [0, 0.1) is 0 Å². The van der Waals surface area contributed by atoms with Crippen molar-refractivity contribution in [1.82, 2.24) is 5.32 Å². The smallest absolute Gasteiger partial charge is 0.0205 e. The highest BCUT2D eigenvalue weighted by Gasteiger charge is 1.95. The molecule has 0 aliphatic heterocycles. The van der Waals surface area contributed by atoms with Crippen LogP contribution in [0.25, 0.3) is 0 Å². The Labute approximate surface area is 160 Å². The number of rotatable bonds is 18. The van der Waals surface area contributed by atoms with Crippen molar-refractivity contribution < 1.29 is 0 Å². The van der Waals surface area contributed by atoms with Gasteiger partial charge in [0, 0.05) is 16.8 Å². The van der Waals surface area contributed by atoms with E-state index in [1.165, 1.54) is 112 Å². The summed E-state index contributed by atoms with van der Waals surface area (Å²) in [6.45, 7) is 2.18. The third kappa shape index (κ3) is 15.4. The Morgan fingerprint density at radius 2 is 1.00 bits per heavy atom. The van der Waals surface area contributed by atoms with Gasteiger partial charge in [-0.2, -0.15) is 0 Å². The van der Waals surface area contributed by atoms with Crippen molar-refractivity contribution in [2.24, 2.45) is 0 Å². The Balaban J connectivity index is 1.69. The molecule has 0 fully saturated rings. The summed E-state index contributed by atoms with van der Waals surface area (Å²) >= 11 is 0. The van der Waals surface area contributed by atoms with E-state index >= 15 is 0 Å². The van der Waals surface area contributed by atoms with Crippen LogP contribution in [0.15, 0.2) is 30.3 Å². The molecule has 0 atom stereocenters. The first-order chi connectivity index (χ1) is 12.4. The van der Waals surface area contributed by atoms with Crippen LogP contribution in [0.4, 0.5) is 0 Å². The molecular weight excluding hydrogens is 318 g/mol. The molecule has 1 aromatic rings. The van der Waals surface area contributed by atoms with Gasteiger partial charge in [-0.3, -0.25) is 0 Å². The largest absolute Gasteiger partial charge is 0.313 e. The average molecular weight is 362 g/mol. The van der Waals surface area contributed by atoms with Gasteiger partial charge in [-0.25, -0.2) is 0 Å². The summed E-state index contributed by atoms with van der Waals surface area (Å²) in [6, 6.07) is 12.2. The molecule has 144 valence electrons. The van der Waals surface area contributed by atoms with Crippen LogP contribution in [-0.2, 0) is 6.54 Å². The number of benzene rings is 1. The van der Waals surface area contributed by atoms with Crippen LogP contribution >= 0.6 is 0 Å². The first kappa shape index (κ1) is 22.4. The zero-order chi connectivity index (χ0) is 17.8. The molecule has 1 rings (SSSR count). The van der Waals surface area contributed by atoms with E-state index in [-0.39, 0.29) is 0 Å². The third-order valence-corrected chi connectivity index (χ3v) is 5.84. The predicted molar refractivity (Wildman–Crippen MR) is 118 cm³/mol. The number of hydrogen-bond donors (Lipinski definition) is 1. The minimum absolute atomic E-state index is 1.01. The lowest BCUT2D eigenvalue weighted by atomic mass is 10.0. The number of unbranched alkanes of at least 4 members (excludes halogenated alkanes) is 13. The van der Waals surface area contributed by atoms with Crippen LogP contribution in [0.3, 0.4) is 0 Å². The summed E-state index contributed by atoms with van der Waals surface area (Å²) in [5.74, 6) is 0. The summed E-state index contributed by atoms with van der Waals surface area (Å²) in [4.78, 5) is 0. The Bertz CT molecular complexity index is 366. The molecule has 0 bridgehead atoms. The molecule has 0 aliphatic carbocycles. The van der Waals surface area contributed by atoms with Gasteiger partial charge in [0.15, 0.2) is 0 Å². The van der Waals surface area contributed by atoms with Gasteiger partial charge >= 0.3 is 0 Å². The van der Waals surface area contributed by atoms with Crippen LogP contribution in [0.2, 0.25) is 6.04 Å². The number of nitrogens with one attached hydrogen (secondary N) is 1. The first-order valence-corrected chi connectivity index (χ1v) is 12.6. The lowest BCUT2D eigenvalue weighted by Crippen LogP contribution is -2.14. The lowest BCUT2D eigenvalue weighted by molar-refractivity contribution is 0.529. The van der Waals surface area contributed by atoms with Gasteiger partial charge in [-0.05, 0) is 18.5 Å². The Hall–Kier alpha value is -0.603. The predicted octanol–water partition coefficient (Wildman–Crippen LogP) is 6.02. The topological polar surface area (TPSA) is 12.0 Å². The Morgan fingerprint density at radius 1 is 0.560 bits per heavy atom. The monoisotopic (exact) mass is 361 g/mol. The van der Waals surface area contributed by atoms with E-state index in [0.717, 1.165) is 13.1 Å². The van der Waals surface area contributed by atoms with Crippen molar-refractivity contribution in [3.05, 3.63) is 35.9 Å². The maximum Gasteiger partial charge on any atom is 0.0205 e. The van der Waals surface area contributed by atoms with Crippen molar-refractivity contribution in [2.45, 2.75) is 102 Å². The third-order valence-electron chi connectivity index (χ3n) is 5.13. The molecule has 1 aromatic carbocycles. The van der Waals surface area contributed by atoms with Gasteiger partial charge in [0.2, 0.25) is 0 Å². The normalized spacial score (nSPS) is 11.2. The van der Waals surface area contributed by atoms with Gasteiger partial charge in [0.25, 0.3) is 0 Å². The van der Waals surface area contributed by atoms with Crippen molar-refractivity contribution in [2.75, 3.05) is 6.54 Å². The molecule has 0 saturated carbocycles. The molecule has 0 heterocycles. The van der Waals surface area contributed by atoms with Gasteiger partial charge in [-0.15, -0.1) is 0 Å². The molecule has 0 amide bonds. The average Bonchev–Trinajstić information content (AvgIpc) is 2.65. The van der Waals surface area contributed by atoms with E-state index in [9.17, 15) is 0 Å². The van der Waals surface area contributed by atoms with E-state index in [1.807, 2.05) is 0 Å². The van der Waals surface area contributed by atoms with Gasteiger partial charge < -0.3 is 5.32 Å². The SMILES string of the molecule is [SiH3]CCCCCCCCCCCCCCCCNCc1ccccc1. The zero-order valence-electron chi connectivity index (χ0n) is 16.9. The van der Waals surface area contributed by atoms with Gasteiger partial charge in [-0.1, -0.05) is 120 Å². The molecule has 25 heavy (non-hydrogen) atoms. The van der Waals surface area contributed by atoms with Crippen molar-refractivity contribution in [3.63, 3.8) is 0 Å². The maximum absolute atomic E-state index is 3.55. The molecule has 1 nitrogen and oxygen atoms in total. The fraction of sp³-hybridized carbons (Fsp3) is 0.739. The maximum atomic E-state index is 3.55. The molecule has 0 saturated heterocycles. The fourth-order valence-corrected chi connectivity index (χ4v) is 3.95. The molecule has 0 aliphatic rings. The van der Waals surface area contributed by atoms with Gasteiger partial charge in [0.05, 0.1) is 0 Å². The standard InChI is InChI=1S/C23H43NSi/c25-21-17-12-10-8-6-4-2-1-3-5-7-9-11-16-20-24-22-23-18-14-13-15-19-23/h13-15,18-19,24H,1-12,16-17,20-22H2,25H3. The van der Waals surface area contributed by atoms with Crippen LogP contribution in [-0.4, -0.2) is 16.8 Å². The molecule has 1 N–H and O–H groups in total.